The Morgan fingerprint density at radius 3 is 2.92 bits per heavy atom. The van der Waals surface area contributed by atoms with Gasteiger partial charge in [-0.25, -0.2) is 4.79 Å². The van der Waals surface area contributed by atoms with Crippen LogP contribution in [0, 0.1) is 12.3 Å². The van der Waals surface area contributed by atoms with Crippen LogP contribution < -0.4 is 5.32 Å². The summed E-state index contributed by atoms with van der Waals surface area (Å²) in [6.07, 6.45) is 10.8. The molecule has 1 aliphatic rings. The molecule has 2 aromatic heterocycles. The molecule has 0 unspecified atom stereocenters. The summed E-state index contributed by atoms with van der Waals surface area (Å²) in [4.78, 5) is 12.0. The maximum atomic E-state index is 12.0. The van der Waals surface area contributed by atoms with E-state index in [4.69, 9.17) is 11.2 Å². The molecule has 0 saturated heterocycles. The average Bonchev–Trinajstić information content (AvgIpc) is 2.96. The van der Waals surface area contributed by atoms with Crippen molar-refractivity contribution in [1.82, 2.24) is 19.9 Å². The number of nitrogens with zero attached hydrogens (tertiary/aromatic N) is 3. The molecule has 2 aromatic rings. The maximum Gasteiger partial charge on any atom is 0.407 e. The lowest BCUT2D eigenvalue weighted by molar-refractivity contribution is 0.0490. The van der Waals surface area contributed by atoms with Gasteiger partial charge in [0.2, 0.25) is 0 Å². The van der Waals surface area contributed by atoms with E-state index in [9.17, 15) is 4.79 Å². The highest BCUT2D eigenvalue weighted by atomic mass is 16.6. The molecule has 1 N–H and O–H groups in total. The van der Waals surface area contributed by atoms with E-state index < -0.39 is 5.60 Å². The van der Waals surface area contributed by atoms with Gasteiger partial charge in [-0.15, -0.1) is 16.6 Å². The normalized spacial score (nSPS) is 20.9. The molecule has 0 aliphatic heterocycles. The number of fused-ring (bicyclic) bond motifs is 1. The second-order valence-electron chi connectivity index (χ2n) is 7.55. The van der Waals surface area contributed by atoms with Crippen LogP contribution in [0.25, 0.3) is 5.65 Å². The predicted octanol–water partition coefficient (Wildman–Crippen LogP) is 3.26. The summed E-state index contributed by atoms with van der Waals surface area (Å²) in [7, 11) is 0. The van der Waals surface area contributed by atoms with Gasteiger partial charge in [-0.1, -0.05) is 12.3 Å². The highest BCUT2D eigenvalue weighted by Crippen LogP contribution is 2.32. The lowest BCUT2D eigenvalue weighted by Crippen LogP contribution is -2.41. The highest BCUT2D eigenvalue weighted by Gasteiger charge is 2.28. The van der Waals surface area contributed by atoms with Crippen molar-refractivity contribution in [3.05, 3.63) is 29.7 Å². The van der Waals surface area contributed by atoms with Crippen LogP contribution in [0.15, 0.2) is 18.3 Å². The zero-order valence-corrected chi connectivity index (χ0v) is 15.0. The monoisotopic (exact) mass is 340 g/mol. The molecule has 2 heterocycles. The molecule has 6 nitrogen and oxygen atoms in total. The van der Waals surface area contributed by atoms with Crippen LogP contribution in [0.1, 0.15) is 63.8 Å². The van der Waals surface area contributed by atoms with Gasteiger partial charge in [0.1, 0.15) is 11.4 Å². The Labute approximate surface area is 148 Å². The number of aromatic nitrogens is 3. The number of hydrogen-bond donors (Lipinski definition) is 1. The lowest BCUT2D eigenvalue weighted by Gasteiger charge is -2.29. The van der Waals surface area contributed by atoms with Crippen molar-refractivity contribution in [2.45, 2.75) is 64.0 Å². The molecule has 132 valence electrons. The quantitative estimate of drug-likeness (QED) is 0.852. The molecule has 2 atom stereocenters. The molecule has 0 radical (unpaired) electrons. The van der Waals surface area contributed by atoms with Crippen LogP contribution in [0.4, 0.5) is 4.79 Å². The third-order valence-electron chi connectivity index (χ3n) is 4.36. The van der Waals surface area contributed by atoms with Crippen LogP contribution in [0.2, 0.25) is 0 Å². The van der Waals surface area contributed by atoms with Crippen LogP contribution in [0.5, 0.6) is 0 Å². The van der Waals surface area contributed by atoms with E-state index in [0.29, 0.717) is 0 Å². The largest absolute Gasteiger partial charge is 0.444 e. The number of rotatable bonds is 2. The fourth-order valence-corrected chi connectivity index (χ4v) is 3.31. The number of amides is 1. The number of carbonyl (C=O) groups excluding carboxylic acids is 1. The third kappa shape index (κ3) is 4.11. The van der Waals surface area contributed by atoms with E-state index in [1.807, 2.05) is 43.5 Å². The van der Waals surface area contributed by atoms with Crippen molar-refractivity contribution in [2.24, 2.45) is 0 Å². The van der Waals surface area contributed by atoms with Gasteiger partial charge >= 0.3 is 6.09 Å². The van der Waals surface area contributed by atoms with Gasteiger partial charge in [-0.05, 0) is 52.2 Å². The van der Waals surface area contributed by atoms with Crippen LogP contribution in [0.3, 0.4) is 0 Å². The summed E-state index contributed by atoms with van der Waals surface area (Å²) >= 11 is 0. The molecule has 1 saturated carbocycles. The van der Waals surface area contributed by atoms with Gasteiger partial charge in [0.15, 0.2) is 5.65 Å². The van der Waals surface area contributed by atoms with Gasteiger partial charge in [-0.3, -0.25) is 4.40 Å². The van der Waals surface area contributed by atoms with Crippen molar-refractivity contribution >= 4 is 11.7 Å². The first-order chi connectivity index (χ1) is 11.9. The lowest BCUT2D eigenvalue weighted by atomic mass is 9.85. The fraction of sp³-hybridized carbons (Fsp3) is 0.526. The van der Waals surface area contributed by atoms with Crippen molar-refractivity contribution in [1.29, 1.82) is 0 Å². The number of alkyl carbamates (subject to hydrolysis) is 1. The predicted molar refractivity (Wildman–Crippen MR) is 95.3 cm³/mol. The SMILES string of the molecule is C#Cc1ccn2c([C@H]3CCC[C@@H](NC(=O)OC(C)(C)C)C3)nnc2c1. The van der Waals surface area contributed by atoms with Gasteiger partial charge in [0, 0.05) is 23.7 Å². The Hall–Kier alpha value is -2.55. The first-order valence-corrected chi connectivity index (χ1v) is 8.66. The number of carbonyl (C=O) groups is 1. The summed E-state index contributed by atoms with van der Waals surface area (Å²) in [5, 5.41) is 11.6. The number of hydrogen-bond acceptors (Lipinski definition) is 4. The Balaban J connectivity index is 1.71. The Bertz CT molecular complexity index is 813. The second kappa shape index (κ2) is 6.75. The van der Waals surface area contributed by atoms with Gasteiger partial charge < -0.3 is 10.1 Å². The summed E-state index contributed by atoms with van der Waals surface area (Å²) in [6.45, 7) is 5.59. The first-order valence-electron chi connectivity index (χ1n) is 8.66. The minimum atomic E-state index is -0.490. The minimum Gasteiger partial charge on any atom is -0.444 e. The maximum absolute atomic E-state index is 12.0. The molecule has 1 fully saturated rings. The van der Waals surface area contributed by atoms with Crippen LogP contribution in [-0.2, 0) is 4.74 Å². The Kier molecular flexibility index (Phi) is 4.67. The number of pyridine rings is 1. The highest BCUT2D eigenvalue weighted by molar-refractivity contribution is 5.68. The minimum absolute atomic E-state index is 0.0888. The topological polar surface area (TPSA) is 68.5 Å². The molecule has 1 amide bonds. The standard InChI is InChI=1S/C19H24N4O2/c1-5-13-9-10-23-16(11-13)21-22-17(23)14-7-6-8-15(12-14)20-18(24)25-19(2,3)4/h1,9-11,14-15H,6-8,12H2,2-4H3,(H,20,24)/t14-,15+/m0/s1. The first kappa shape index (κ1) is 17.3. The van der Waals surface area contributed by atoms with Gasteiger partial charge in [0.05, 0.1) is 0 Å². The van der Waals surface area contributed by atoms with E-state index in [2.05, 4.69) is 21.4 Å². The van der Waals surface area contributed by atoms with E-state index in [1.165, 1.54) is 0 Å². The molecule has 0 bridgehead atoms. The molecule has 0 aromatic carbocycles. The van der Waals surface area contributed by atoms with Crippen LogP contribution >= 0.6 is 0 Å². The molecule has 25 heavy (non-hydrogen) atoms. The van der Waals surface area contributed by atoms with Crippen molar-refractivity contribution in [3.8, 4) is 12.3 Å². The van der Waals surface area contributed by atoms with Gasteiger partial charge in [0.25, 0.3) is 0 Å². The molecule has 0 spiro atoms. The molecular formula is C19H24N4O2. The molecule has 6 heteroatoms. The van der Waals surface area contributed by atoms with E-state index >= 15 is 0 Å². The van der Waals surface area contributed by atoms with E-state index in [-0.39, 0.29) is 18.1 Å². The smallest absolute Gasteiger partial charge is 0.407 e. The Morgan fingerprint density at radius 1 is 1.40 bits per heavy atom. The summed E-state index contributed by atoms with van der Waals surface area (Å²) in [5.74, 6) is 3.79. The van der Waals surface area contributed by atoms with E-state index in [1.54, 1.807) is 0 Å². The van der Waals surface area contributed by atoms with Crippen LogP contribution in [-0.4, -0.2) is 32.3 Å². The third-order valence-corrected chi connectivity index (χ3v) is 4.36. The molecule has 1 aliphatic carbocycles. The fourth-order valence-electron chi connectivity index (χ4n) is 3.31. The number of ether oxygens (including phenoxy) is 1. The zero-order valence-electron chi connectivity index (χ0n) is 15.0. The van der Waals surface area contributed by atoms with E-state index in [0.717, 1.165) is 42.7 Å². The van der Waals surface area contributed by atoms with Gasteiger partial charge in [-0.2, -0.15) is 0 Å². The zero-order chi connectivity index (χ0) is 18.0. The van der Waals surface area contributed by atoms with Crippen molar-refractivity contribution < 1.29 is 9.53 Å². The Morgan fingerprint density at radius 2 is 2.20 bits per heavy atom. The molecule has 3 rings (SSSR count). The average molecular weight is 340 g/mol. The van der Waals surface area contributed by atoms with Crippen molar-refractivity contribution in [3.63, 3.8) is 0 Å². The summed E-state index contributed by atoms with van der Waals surface area (Å²) < 4.78 is 7.35. The molecular weight excluding hydrogens is 316 g/mol. The summed E-state index contributed by atoms with van der Waals surface area (Å²) in [6, 6.07) is 3.83. The second-order valence-corrected chi connectivity index (χ2v) is 7.55. The number of nitrogens with one attached hydrogen (secondary N) is 1. The van der Waals surface area contributed by atoms with Crippen molar-refractivity contribution in [2.75, 3.05) is 0 Å². The number of terminal acetylenes is 1. The summed E-state index contributed by atoms with van der Waals surface area (Å²) in [5.41, 5.74) is 1.06.